The van der Waals surface area contributed by atoms with Crippen molar-refractivity contribution < 1.29 is 19.0 Å². The van der Waals surface area contributed by atoms with Gasteiger partial charge in [-0.2, -0.15) is 0 Å². The van der Waals surface area contributed by atoms with Crippen LogP contribution < -0.4 is 14.2 Å². The van der Waals surface area contributed by atoms with Crippen LogP contribution in [0.3, 0.4) is 0 Å². The van der Waals surface area contributed by atoms with Crippen molar-refractivity contribution in [2.24, 2.45) is 0 Å². The summed E-state index contributed by atoms with van der Waals surface area (Å²) >= 11 is 5.29. The number of amides is 1. The fraction of sp³-hybridized carbons (Fsp3) is 0.250. The molecule has 2 aromatic rings. The minimum Gasteiger partial charge on any atom is -0.496 e. The summed E-state index contributed by atoms with van der Waals surface area (Å²) in [6.45, 7) is 0.967. The summed E-state index contributed by atoms with van der Waals surface area (Å²) in [4.78, 5) is 14.7. The highest BCUT2D eigenvalue weighted by Gasteiger charge is 2.29. The number of hydrogen-bond donors (Lipinski definition) is 0. The molecule has 7 heteroatoms. The van der Waals surface area contributed by atoms with Crippen molar-refractivity contribution in [3.8, 4) is 17.2 Å². The number of thioether (sulfide) groups is 1. The van der Waals surface area contributed by atoms with E-state index in [2.05, 4.69) is 15.9 Å². The normalized spacial score (nSPS) is 18.3. The van der Waals surface area contributed by atoms with Gasteiger partial charge in [-0.05, 0) is 57.4 Å². The van der Waals surface area contributed by atoms with Crippen LogP contribution in [0.25, 0.3) is 6.08 Å². The number of benzene rings is 2. The Labute approximate surface area is 170 Å². The third kappa shape index (κ3) is 3.80. The van der Waals surface area contributed by atoms with Crippen LogP contribution in [0.4, 0.5) is 0 Å². The molecule has 140 valence electrons. The quantitative estimate of drug-likeness (QED) is 0.646. The van der Waals surface area contributed by atoms with Gasteiger partial charge < -0.3 is 19.1 Å². The van der Waals surface area contributed by atoms with Crippen LogP contribution in [-0.4, -0.2) is 37.0 Å². The van der Waals surface area contributed by atoms with Crippen LogP contribution >= 0.6 is 27.7 Å². The third-order valence-corrected chi connectivity index (χ3v) is 6.33. The molecule has 0 aliphatic carbocycles. The first-order valence-corrected chi connectivity index (χ1v) is 10.3. The fourth-order valence-corrected chi connectivity index (χ4v) is 4.90. The van der Waals surface area contributed by atoms with E-state index in [1.807, 2.05) is 47.4 Å². The molecule has 0 bridgehead atoms. The zero-order valence-corrected chi connectivity index (χ0v) is 17.1. The van der Waals surface area contributed by atoms with Crippen LogP contribution in [0.5, 0.6) is 17.2 Å². The van der Waals surface area contributed by atoms with E-state index in [-0.39, 0.29) is 18.1 Å². The van der Waals surface area contributed by atoms with Crippen molar-refractivity contribution in [2.75, 3.05) is 26.2 Å². The summed E-state index contributed by atoms with van der Waals surface area (Å²) in [5, 5.41) is 0.00103. The highest BCUT2D eigenvalue weighted by atomic mass is 79.9. The second-order valence-electron chi connectivity index (χ2n) is 6.09. The van der Waals surface area contributed by atoms with Gasteiger partial charge in [-0.1, -0.05) is 12.1 Å². The first-order valence-electron chi connectivity index (χ1n) is 8.49. The number of ether oxygens (including phenoxy) is 3. The smallest absolute Gasteiger partial charge is 0.247 e. The Bertz CT molecular complexity index is 902. The standard InChI is InChI=1S/C20H18BrNO4S/c1-24-16-6-4-14(11-15(16)21)20-22(8-9-27-20)19(23)7-3-13-2-5-17-18(10-13)26-12-25-17/h2-7,10-11,20H,8-9,12H2,1H3/b7-3+. The molecule has 1 atom stereocenters. The lowest BCUT2D eigenvalue weighted by atomic mass is 10.1. The van der Waals surface area contributed by atoms with Crippen molar-refractivity contribution in [3.05, 3.63) is 58.1 Å². The molecule has 2 aliphatic rings. The fourth-order valence-electron chi connectivity index (χ4n) is 3.09. The minimum absolute atomic E-state index is 0.00103. The first kappa shape index (κ1) is 18.3. The van der Waals surface area contributed by atoms with Crippen molar-refractivity contribution in [1.29, 1.82) is 0 Å². The summed E-state index contributed by atoms with van der Waals surface area (Å²) < 4.78 is 16.9. The topological polar surface area (TPSA) is 48.0 Å². The van der Waals surface area contributed by atoms with Crippen molar-refractivity contribution >= 4 is 39.7 Å². The van der Waals surface area contributed by atoms with Crippen LogP contribution in [0.1, 0.15) is 16.5 Å². The van der Waals surface area contributed by atoms with E-state index in [9.17, 15) is 4.79 Å². The lowest BCUT2D eigenvalue weighted by molar-refractivity contribution is -0.126. The predicted molar refractivity (Wildman–Crippen MR) is 109 cm³/mol. The highest BCUT2D eigenvalue weighted by Crippen LogP contribution is 2.40. The zero-order valence-electron chi connectivity index (χ0n) is 14.7. The Morgan fingerprint density at radius 2 is 2.11 bits per heavy atom. The van der Waals surface area contributed by atoms with Gasteiger partial charge in [-0.3, -0.25) is 4.79 Å². The molecule has 5 nitrogen and oxygen atoms in total. The summed E-state index contributed by atoms with van der Waals surface area (Å²) in [6.07, 6.45) is 3.43. The Kier molecular flexibility index (Phi) is 5.31. The van der Waals surface area contributed by atoms with Gasteiger partial charge in [0.2, 0.25) is 12.7 Å². The number of carbonyl (C=O) groups excluding carboxylic acids is 1. The van der Waals surface area contributed by atoms with Crippen LogP contribution in [0, 0.1) is 0 Å². The Balaban J connectivity index is 1.50. The van der Waals surface area contributed by atoms with E-state index in [4.69, 9.17) is 14.2 Å². The lowest BCUT2D eigenvalue weighted by Crippen LogP contribution is -2.28. The molecule has 1 unspecified atom stereocenters. The summed E-state index contributed by atoms with van der Waals surface area (Å²) in [5.74, 6) is 3.14. The van der Waals surface area contributed by atoms with Gasteiger partial charge in [-0.25, -0.2) is 0 Å². The molecule has 1 amide bonds. The SMILES string of the molecule is COc1ccc(C2SCCN2C(=O)/C=C/c2ccc3c(c2)OCO3)cc1Br. The highest BCUT2D eigenvalue weighted by molar-refractivity contribution is 9.10. The van der Waals surface area contributed by atoms with Crippen molar-refractivity contribution in [2.45, 2.75) is 5.37 Å². The van der Waals surface area contributed by atoms with Gasteiger partial charge >= 0.3 is 0 Å². The molecule has 0 saturated carbocycles. The molecule has 2 aromatic carbocycles. The number of carbonyl (C=O) groups is 1. The predicted octanol–water partition coefficient (Wildman–Crippen LogP) is 4.47. The molecular weight excluding hydrogens is 430 g/mol. The number of fused-ring (bicyclic) bond motifs is 1. The molecule has 0 aromatic heterocycles. The maximum Gasteiger partial charge on any atom is 0.247 e. The number of methoxy groups -OCH3 is 1. The number of nitrogens with zero attached hydrogens (tertiary/aromatic N) is 1. The Hall–Kier alpha value is -2.12. The summed E-state index contributed by atoms with van der Waals surface area (Å²) in [6, 6.07) is 11.6. The largest absolute Gasteiger partial charge is 0.496 e. The van der Waals surface area contributed by atoms with Crippen molar-refractivity contribution in [1.82, 2.24) is 4.90 Å². The molecular formula is C20H18BrNO4S. The van der Waals surface area contributed by atoms with Gasteiger partial charge in [0.1, 0.15) is 11.1 Å². The average molecular weight is 448 g/mol. The van der Waals surface area contributed by atoms with Crippen LogP contribution in [0.15, 0.2) is 46.9 Å². The van der Waals surface area contributed by atoms with E-state index >= 15 is 0 Å². The first-order chi connectivity index (χ1) is 13.2. The van der Waals surface area contributed by atoms with Gasteiger partial charge in [-0.15, -0.1) is 11.8 Å². The number of halogens is 1. The molecule has 1 saturated heterocycles. The molecule has 0 N–H and O–H groups in total. The lowest BCUT2D eigenvalue weighted by Gasteiger charge is -2.23. The molecule has 0 radical (unpaired) electrons. The van der Waals surface area contributed by atoms with E-state index in [1.54, 1.807) is 24.9 Å². The Morgan fingerprint density at radius 3 is 2.93 bits per heavy atom. The maximum atomic E-state index is 12.8. The second kappa shape index (κ2) is 7.86. The van der Waals surface area contributed by atoms with Crippen LogP contribution in [-0.2, 0) is 4.79 Å². The number of hydrogen-bond acceptors (Lipinski definition) is 5. The van der Waals surface area contributed by atoms with Crippen LogP contribution in [0.2, 0.25) is 0 Å². The maximum absolute atomic E-state index is 12.8. The number of rotatable bonds is 4. The molecule has 27 heavy (non-hydrogen) atoms. The van der Waals surface area contributed by atoms with Gasteiger partial charge in [0.15, 0.2) is 11.5 Å². The molecule has 1 fully saturated rings. The minimum atomic E-state index is -0.00499. The van der Waals surface area contributed by atoms with E-state index in [0.29, 0.717) is 5.75 Å². The van der Waals surface area contributed by atoms with Gasteiger partial charge in [0.05, 0.1) is 11.6 Å². The van der Waals surface area contributed by atoms with E-state index in [1.165, 1.54) is 0 Å². The van der Waals surface area contributed by atoms with Gasteiger partial charge in [0, 0.05) is 18.4 Å². The average Bonchev–Trinajstić information content (AvgIpc) is 3.34. The van der Waals surface area contributed by atoms with Crippen molar-refractivity contribution in [3.63, 3.8) is 0 Å². The second-order valence-corrected chi connectivity index (χ2v) is 8.14. The zero-order chi connectivity index (χ0) is 18.8. The summed E-state index contributed by atoms with van der Waals surface area (Å²) in [7, 11) is 1.64. The molecule has 2 heterocycles. The molecule has 4 rings (SSSR count). The van der Waals surface area contributed by atoms with E-state index in [0.717, 1.165) is 39.4 Å². The van der Waals surface area contributed by atoms with Gasteiger partial charge in [0.25, 0.3) is 0 Å². The Morgan fingerprint density at radius 1 is 1.26 bits per heavy atom. The summed E-state index contributed by atoms with van der Waals surface area (Å²) in [5.41, 5.74) is 1.98. The molecule has 2 aliphatic heterocycles. The van der Waals surface area contributed by atoms with E-state index < -0.39 is 0 Å². The molecule has 0 spiro atoms. The monoisotopic (exact) mass is 447 g/mol. The third-order valence-electron chi connectivity index (χ3n) is 4.45.